The largest absolute Gasteiger partial charge is 0.481 e. The molecule has 0 aromatic carbocycles. The lowest BCUT2D eigenvalue weighted by atomic mass is 9.86. The van der Waals surface area contributed by atoms with E-state index in [1.54, 1.807) is 7.11 Å². The number of ether oxygens (including phenoxy) is 1. The minimum atomic E-state index is -0.785. The van der Waals surface area contributed by atoms with E-state index in [9.17, 15) is 14.7 Å². The number of carboxylic acid groups (broad SMARTS) is 1. The van der Waals surface area contributed by atoms with Crippen LogP contribution in [-0.2, 0) is 14.3 Å². The van der Waals surface area contributed by atoms with Crippen molar-refractivity contribution in [2.24, 2.45) is 5.41 Å². The van der Waals surface area contributed by atoms with Crippen molar-refractivity contribution < 1.29 is 19.4 Å². The number of nitrogens with one attached hydrogen (secondary N) is 1. The zero-order chi connectivity index (χ0) is 13.4. The Hall–Kier alpha value is -0.750. The second-order valence-corrected chi connectivity index (χ2v) is 5.72. The molecule has 1 aliphatic carbocycles. The summed E-state index contributed by atoms with van der Waals surface area (Å²) in [6.07, 6.45) is 3.20. The number of rotatable bonds is 8. The number of carbonyl (C=O) groups is 2. The van der Waals surface area contributed by atoms with Gasteiger partial charge in [0.15, 0.2) is 0 Å². The van der Waals surface area contributed by atoms with Crippen LogP contribution in [0.2, 0.25) is 0 Å². The van der Waals surface area contributed by atoms with E-state index in [4.69, 9.17) is 4.74 Å². The van der Waals surface area contributed by atoms with Crippen LogP contribution in [-0.4, -0.2) is 48.8 Å². The summed E-state index contributed by atoms with van der Waals surface area (Å²) in [5.74, 6) is 0.253. The third kappa shape index (κ3) is 4.49. The first-order chi connectivity index (χ1) is 8.60. The fourth-order valence-corrected chi connectivity index (χ4v) is 2.86. The molecule has 0 aliphatic heterocycles. The van der Waals surface area contributed by atoms with Crippen LogP contribution in [0.3, 0.4) is 0 Å². The zero-order valence-electron chi connectivity index (χ0n) is 10.7. The smallest absolute Gasteiger partial charge is 0.311 e. The van der Waals surface area contributed by atoms with E-state index in [-0.39, 0.29) is 12.5 Å². The highest BCUT2D eigenvalue weighted by Gasteiger charge is 2.41. The van der Waals surface area contributed by atoms with Gasteiger partial charge in [0.05, 0.1) is 17.8 Å². The molecule has 0 atom stereocenters. The van der Waals surface area contributed by atoms with Crippen molar-refractivity contribution in [2.45, 2.75) is 25.7 Å². The number of carboxylic acids is 1. The van der Waals surface area contributed by atoms with Gasteiger partial charge in [-0.2, -0.15) is 0 Å². The minimum Gasteiger partial charge on any atom is -0.481 e. The summed E-state index contributed by atoms with van der Waals surface area (Å²) >= 11 is 1.49. The Morgan fingerprint density at radius 2 is 2.06 bits per heavy atom. The number of methoxy groups -OCH3 is 1. The van der Waals surface area contributed by atoms with Gasteiger partial charge >= 0.3 is 5.97 Å². The van der Waals surface area contributed by atoms with E-state index in [2.05, 4.69) is 5.32 Å². The van der Waals surface area contributed by atoms with Crippen LogP contribution in [0.1, 0.15) is 25.7 Å². The van der Waals surface area contributed by atoms with Crippen LogP contribution in [0.25, 0.3) is 0 Å². The molecule has 0 radical (unpaired) electrons. The van der Waals surface area contributed by atoms with Crippen molar-refractivity contribution in [1.82, 2.24) is 5.32 Å². The molecule has 1 saturated carbocycles. The Kier molecular flexibility index (Phi) is 6.49. The quantitative estimate of drug-likeness (QED) is 0.649. The molecule has 0 spiro atoms. The van der Waals surface area contributed by atoms with E-state index in [1.165, 1.54) is 11.8 Å². The van der Waals surface area contributed by atoms with Gasteiger partial charge in [-0.15, -0.1) is 11.8 Å². The van der Waals surface area contributed by atoms with Crippen LogP contribution >= 0.6 is 11.8 Å². The average molecular weight is 275 g/mol. The average Bonchev–Trinajstić information content (AvgIpc) is 2.82. The van der Waals surface area contributed by atoms with Crippen LogP contribution in [0.5, 0.6) is 0 Å². The topological polar surface area (TPSA) is 75.6 Å². The Balaban J connectivity index is 2.26. The van der Waals surface area contributed by atoms with Crippen molar-refractivity contribution in [3.8, 4) is 0 Å². The molecule has 0 aromatic heterocycles. The van der Waals surface area contributed by atoms with Crippen LogP contribution in [0.15, 0.2) is 0 Å². The van der Waals surface area contributed by atoms with Crippen LogP contribution < -0.4 is 5.32 Å². The van der Waals surface area contributed by atoms with Crippen molar-refractivity contribution >= 4 is 23.6 Å². The first kappa shape index (κ1) is 15.3. The fraction of sp³-hybridized carbons (Fsp3) is 0.833. The van der Waals surface area contributed by atoms with Gasteiger partial charge in [-0.25, -0.2) is 0 Å². The lowest BCUT2D eigenvalue weighted by Gasteiger charge is -2.23. The third-order valence-electron chi connectivity index (χ3n) is 3.30. The molecule has 0 saturated heterocycles. The molecule has 18 heavy (non-hydrogen) atoms. The van der Waals surface area contributed by atoms with E-state index in [0.717, 1.165) is 18.6 Å². The summed E-state index contributed by atoms with van der Waals surface area (Å²) in [5.41, 5.74) is -0.729. The van der Waals surface area contributed by atoms with Gasteiger partial charge in [-0.3, -0.25) is 9.59 Å². The lowest BCUT2D eigenvalue weighted by molar-refractivity contribution is -0.148. The van der Waals surface area contributed by atoms with Crippen molar-refractivity contribution in [1.29, 1.82) is 0 Å². The van der Waals surface area contributed by atoms with E-state index in [0.29, 0.717) is 25.2 Å². The summed E-state index contributed by atoms with van der Waals surface area (Å²) in [7, 11) is 1.62. The minimum absolute atomic E-state index is 0.0939. The highest BCUT2D eigenvalue weighted by atomic mass is 32.2. The summed E-state index contributed by atoms with van der Waals surface area (Å²) in [6.45, 7) is 0.878. The summed E-state index contributed by atoms with van der Waals surface area (Å²) in [5, 5.41) is 12.0. The standard InChI is InChI=1S/C12H21NO4S/c1-17-6-7-18-8-10(14)13-9-12(11(15)16)4-2-3-5-12/h2-9H2,1H3,(H,13,14)(H,15,16). The van der Waals surface area contributed by atoms with Gasteiger partial charge in [0, 0.05) is 19.4 Å². The molecular weight excluding hydrogens is 254 g/mol. The first-order valence-electron chi connectivity index (χ1n) is 6.17. The molecule has 1 rings (SSSR count). The molecule has 0 aromatic rings. The lowest BCUT2D eigenvalue weighted by Crippen LogP contribution is -2.41. The molecule has 0 unspecified atom stereocenters. The highest BCUT2D eigenvalue weighted by molar-refractivity contribution is 7.99. The highest BCUT2D eigenvalue weighted by Crippen LogP contribution is 2.37. The molecule has 0 bridgehead atoms. The maximum atomic E-state index is 11.6. The zero-order valence-corrected chi connectivity index (χ0v) is 11.6. The molecule has 5 nitrogen and oxygen atoms in total. The van der Waals surface area contributed by atoms with Crippen LogP contribution in [0, 0.1) is 5.41 Å². The van der Waals surface area contributed by atoms with E-state index in [1.807, 2.05) is 0 Å². The Labute approximate surface area is 112 Å². The van der Waals surface area contributed by atoms with Crippen molar-refractivity contribution in [3.05, 3.63) is 0 Å². The van der Waals surface area contributed by atoms with E-state index >= 15 is 0 Å². The number of carbonyl (C=O) groups excluding carboxylic acids is 1. The van der Waals surface area contributed by atoms with Gasteiger partial charge in [0.1, 0.15) is 0 Å². The maximum absolute atomic E-state index is 11.6. The van der Waals surface area contributed by atoms with Crippen LogP contribution in [0.4, 0.5) is 0 Å². The number of hydrogen-bond donors (Lipinski definition) is 2. The first-order valence-corrected chi connectivity index (χ1v) is 7.33. The van der Waals surface area contributed by atoms with Gasteiger partial charge in [-0.1, -0.05) is 12.8 Å². The monoisotopic (exact) mass is 275 g/mol. The number of amides is 1. The molecule has 6 heteroatoms. The Morgan fingerprint density at radius 3 is 2.61 bits per heavy atom. The van der Waals surface area contributed by atoms with Gasteiger partial charge in [-0.05, 0) is 12.8 Å². The van der Waals surface area contributed by atoms with Crippen molar-refractivity contribution in [2.75, 3.05) is 31.8 Å². The van der Waals surface area contributed by atoms with Gasteiger partial charge in [0.2, 0.25) is 5.91 Å². The molecular formula is C12H21NO4S. The molecule has 1 aliphatic rings. The number of aliphatic carboxylic acids is 1. The summed E-state index contributed by atoms with van der Waals surface area (Å²) < 4.78 is 4.88. The second kappa shape index (κ2) is 7.63. The molecule has 104 valence electrons. The number of hydrogen-bond acceptors (Lipinski definition) is 4. The summed E-state index contributed by atoms with van der Waals surface area (Å²) in [4.78, 5) is 22.8. The number of thioether (sulfide) groups is 1. The maximum Gasteiger partial charge on any atom is 0.311 e. The van der Waals surface area contributed by atoms with Gasteiger partial charge in [0.25, 0.3) is 0 Å². The normalized spacial score (nSPS) is 17.6. The van der Waals surface area contributed by atoms with Gasteiger partial charge < -0.3 is 15.2 Å². The Bertz CT molecular complexity index is 290. The SMILES string of the molecule is COCCSCC(=O)NCC1(C(=O)O)CCCC1. The molecule has 1 amide bonds. The van der Waals surface area contributed by atoms with Crippen molar-refractivity contribution in [3.63, 3.8) is 0 Å². The second-order valence-electron chi connectivity index (χ2n) is 4.61. The molecule has 2 N–H and O–H groups in total. The summed E-state index contributed by atoms with van der Waals surface area (Å²) in [6, 6.07) is 0. The molecule has 1 fully saturated rings. The molecule has 0 heterocycles. The fourth-order valence-electron chi connectivity index (χ4n) is 2.14. The Morgan fingerprint density at radius 1 is 1.39 bits per heavy atom. The third-order valence-corrected chi connectivity index (χ3v) is 4.22. The predicted molar refractivity (Wildman–Crippen MR) is 70.7 cm³/mol. The van der Waals surface area contributed by atoms with E-state index < -0.39 is 11.4 Å². The predicted octanol–water partition coefficient (Wildman–Crippen LogP) is 1.13.